The Hall–Kier alpha value is -2.29. The second kappa shape index (κ2) is 7.30. The predicted octanol–water partition coefficient (Wildman–Crippen LogP) is 5.20. The van der Waals surface area contributed by atoms with E-state index in [9.17, 15) is 4.79 Å². The first-order valence-corrected chi connectivity index (χ1v) is 8.61. The molecule has 0 aliphatic rings. The monoisotopic (exact) mass is 340 g/mol. The van der Waals surface area contributed by atoms with Crippen molar-refractivity contribution in [2.45, 2.75) is 53.9 Å². The molecule has 2 aromatic carbocycles. The van der Waals surface area contributed by atoms with E-state index in [0.717, 1.165) is 33.6 Å². The number of hydrogen-bond donors (Lipinski definition) is 0. The summed E-state index contributed by atoms with van der Waals surface area (Å²) in [6.45, 7) is 14.3. The van der Waals surface area contributed by atoms with Crippen molar-refractivity contribution < 1.29 is 14.3 Å². The summed E-state index contributed by atoms with van der Waals surface area (Å²) in [6, 6.07) is 9.93. The molecule has 25 heavy (non-hydrogen) atoms. The second-order valence-corrected chi connectivity index (χ2v) is 7.67. The van der Waals surface area contributed by atoms with Gasteiger partial charge in [0.2, 0.25) is 0 Å². The van der Waals surface area contributed by atoms with Crippen LogP contribution in [-0.2, 0) is 10.2 Å². The van der Waals surface area contributed by atoms with Gasteiger partial charge in [0.1, 0.15) is 11.5 Å². The van der Waals surface area contributed by atoms with Crippen LogP contribution >= 0.6 is 0 Å². The largest absolute Gasteiger partial charge is 0.481 e. The molecule has 3 heteroatoms. The highest BCUT2D eigenvalue weighted by molar-refractivity contribution is 5.74. The highest BCUT2D eigenvalue weighted by atomic mass is 16.6. The van der Waals surface area contributed by atoms with Gasteiger partial charge in [-0.25, -0.2) is 4.79 Å². The first-order chi connectivity index (χ1) is 11.6. The summed E-state index contributed by atoms with van der Waals surface area (Å²) in [4.78, 5) is 12.3. The Morgan fingerprint density at radius 1 is 0.960 bits per heavy atom. The lowest BCUT2D eigenvalue weighted by Gasteiger charge is -2.23. The standard InChI is InChI=1S/C22H28O3/c1-14-8-11-19(18(12-14)22(5,6)7)25-20(23)13-24-21-16(3)10-9-15(2)17(21)4/h8-12H,13H2,1-7H3. The molecule has 2 rings (SSSR count). The SMILES string of the molecule is Cc1ccc(OC(=O)COc2c(C)ccc(C)c2C)c(C(C)(C)C)c1. The van der Waals surface area contributed by atoms with Gasteiger partial charge in [0.05, 0.1) is 0 Å². The Kier molecular flexibility index (Phi) is 5.56. The van der Waals surface area contributed by atoms with Crippen LogP contribution in [0.3, 0.4) is 0 Å². The number of carbonyl (C=O) groups excluding carboxylic acids is 1. The highest BCUT2D eigenvalue weighted by Crippen LogP contribution is 2.32. The second-order valence-electron chi connectivity index (χ2n) is 7.67. The van der Waals surface area contributed by atoms with E-state index in [2.05, 4.69) is 32.9 Å². The molecule has 2 aromatic rings. The Bertz CT molecular complexity index is 783. The van der Waals surface area contributed by atoms with Crippen molar-refractivity contribution in [3.8, 4) is 11.5 Å². The summed E-state index contributed by atoms with van der Waals surface area (Å²) < 4.78 is 11.4. The third-order valence-electron chi connectivity index (χ3n) is 4.37. The molecule has 0 radical (unpaired) electrons. The summed E-state index contributed by atoms with van der Waals surface area (Å²) in [5.41, 5.74) is 5.27. The van der Waals surface area contributed by atoms with Gasteiger partial charge in [0.25, 0.3) is 0 Å². The van der Waals surface area contributed by atoms with E-state index in [1.54, 1.807) is 0 Å². The Morgan fingerprint density at radius 2 is 1.60 bits per heavy atom. The first kappa shape index (κ1) is 19.0. The minimum absolute atomic E-state index is 0.105. The number of ether oxygens (including phenoxy) is 2. The topological polar surface area (TPSA) is 35.5 Å². The summed E-state index contributed by atoms with van der Waals surface area (Å²) in [7, 11) is 0. The van der Waals surface area contributed by atoms with Crippen LogP contribution in [0, 0.1) is 27.7 Å². The van der Waals surface area contributed by atoms with Crippen LogP contribution in [0.15, 0.2) is 30.3 Å². The molecular weight excluding hydrogens is 312 g/mol. The third kappa shape index (κ3) is 4.62. The zero-order valence-electron chi connectivity index (χ0n) is 16.3. The summed E-state index contributed by atoms with van der Waals surface area (Å²) in [5.74, 6) is 0.968. The van der Waals surface area contributed by atoms with Crippen LogP contribution < -0.4 is 9.47 Å². The lowest BCUT2D eigenvalue weighted by atomic mass is 9.85. The van der Waals surface area contributed by atoms with E-state index in [-0.39, 0.29) is 12.0 Å². The molecular formula is C22H28O3. The molecule has 0 saturated carbocycles. The van der Waals surface area contributed by atoms with Gasteiger partial charge >= 0.3 is 5.97 Å². The zero-order valence-corrected chi connectivity index (χ0v) is 16.3. The average Bonchev–Trinajstić information content (AvgIpc) is 2.52. The average molecular weight is 340 g/mol. The first-order valence-electron chi connectivity index (χ1n) is 8.61. The highest BCUT2D eigenvalue weighted by Gasteiger charge is 2.21. The molecule has 134 valence electrons. The molecule has 3 nitrogen and oxygen atoms in total. The maximum atomic E-state index is 12.3. The van der Waals surface area contributed by atoms with Gasteiger partial charge in [-0.05, 0) is 55.9 Å². The lowest BCUT2D eigenvalue weighted by molar-refractivity contribution is -0.136. The fraction of sp³-hybridized carbons (Fsp3) is 0.409. The maximum absolute atomic E-state index is 12.3. The lowest BCUT2D eigenvalue weighted by Crippen LogP contribution is -2.21. The molecule has 0 fully saturated rings. The molecule has 0 heterocycles. The van der Waals surface area contributed by atoms with E-state index in [4.69, 9.17) is 9.47 Å². The molecule has 0 atom stereocenters. The molecule has 0 aliphatic heterocycles. The van der Waals surface area contributed by atoms with E-state index >= 15 is 0 Å². The quantitative estimate of drug-likeness (QED) is 0.567. The zero-order chi connectivity index (χ0) is 18.8. The minimum atomic E-state index is -0.394. The van der Waals surface area contributed by atoms with Gasteiger partial charge in [-0.15, -0.1) is 0 Å². The van der Waals surface area contributed by atoms with Gasteiger partial charge in [0.15, 0.2) is 6.61 Å². The van der Waals surface area contributed by atoms with Crippen molar-refractivity contribution in [2.75, 3.05) is 6.61 Å². The normalized spacial score (nSPS) is 11.3. The predicted molar refractivity (Wildman–Crippen MR) is 102 cm³/mol. The van der Waals surface area contributed by atoms with Crippen LogP contribution in [0.2, 0.25) is 0 Å². The Morgan fingerprint density at radius 3 is 2.24 bits per heavy atom. The smallest absolute Gasteiger partial charge is 0.349 e. The van der Waals surface area contributed by atoms with Crippen molar-refractivity contribution in [3.05, 3.63) is 58.1 Å². The van der Waals surface area contributed by atoms with E-state index in [0.29, 0.717) is 5.75 Å². The molecule has 0 bridgehead atoms. The van der Waals surface area contributed by atoms with Crippen LogP contribution in [0.5, 0.6) is 11.5 Å². The van der Waals surface area contributed by atoms with Gasteiger partial charge in [0, 0.05) is 5.56 Å². The Labute approximate surface area is 151 Å². The fourth-order valence-corrected chi connectivity index (χ4v) is 2.75. The number of esters is 1. The van der Waals surface area contributed by atoms with Crippen molar-refractivity contribution in [3.63, 3.8) is 0 Å². The van der Waals surface area contributed by atoms with Gasteiger partial charge in [-0.3, -0.25) is 0 Å². The molecule has 0 unspecified atom stereocenters. The molecule has 0 N–H and O–H groups in total. The van der Waals surface area contributed by atoms with Crippen molar-refractivity contribution in [1.29, 1.82) is 0 Å². The molecule has 0 saturated heterocycles. The van der Waals surface area contributed by atoms with Crippen molar-refractivity contribution in [1.82, 2.24) is 0 Å². The van der Waals surface area contributed by atoms with Gasteiger partial charge < -0.3 is 9.47 Å². The molecule has 0 aromatic heterocycles. The number of hydrogen-bond acceptors (Lipinski definition) is 3. The van der Waals surface area contributed by atoms with Crippen molar-refractivity contribution >= 4 is 5.97 Å². The third-order valence-corrected chi connectivity index (χ3v) is 4.37. The van der Waals surface area contributed by atoms with E-state index in [1.165, 1.54) is 0 Å². The molecule has 0 aliphatic carbocycles. The fourth-order valence-electron chi connectivity index (χ4n) is 2.75. The summed E-state index contributed by atoms with van der Waals surface area (Å²) >= 11 is 0. The van der Waals surface area contributed by atoms with E-state index < -0.39 is 5.97 Å². The van der Waals surface area contributed by atoms with E-state index in [1.807, 2.05) is 45.9 Å². The number of benzene rings is 2. The summed E-state index contributed by atoms with van der Waals surface area (Å²) in [5, 5.41) is 0. The number of rotatable bonds is 4. The molecule has 0 amide bonds. The van der Waals surface area contributed by atoms with Gasteiger partial charge in [-0.2, -0.15) is 0 Å². The minimum Gasteiger partial charge on any atom is -0.481 e. The number of carbonyl (C=O) groups is 1. The molecule has 0 spiro atoms. The van der Waals surface area contributed by atoms with Crippen molar-refractivity contribution in [2.24, 2.45) is 0 Å². The van der Waals surface area contributed by atoms with Crippen LogP contribution in [0.4, 0.5) is 0 Å². The van der Waals surface area contributed by atoms with Crippen LogP contribution in [-0.4, -0.2) is 12.6 Å². The Balaban J connectivity index is 2.13. The summed E-state index contributed by atoms with van der Waals surface area (Å²) in [6.07, 6.45) is 0. The maximum Gasteiger partial charge on any atom is 0.349 e. The van der Waals surface area contributed by atoms with Crippen LogP contribution in [0.25, 0.3) is 0 Å². The van der Waals surface area contributed by atoms with Crippen LogP contribution in [0.1, 0.15) is 48.6 Å². The van der Waals surface area contributed by atoms with Gasteiger partial charge in [-0.1, -0.05) is 50.6 Å². The number of aryl methyl sites for hydroxylation is 3.